The quantitative estimate of drug-likeness (QED) is 0.532. The molecule has 12 heteroatoms. The maximum absolute atomic E-state index is 13.8. The van der Waals surface area contributed by atoms with Crippen LogP contribution in [0.25, 0.3) is 0 Å². The molecule has 1 heterocycles. The van der Waals surface area contributed by atoms with Crippen molar-refractivity contribution in [2.75, 3.05) is 5.75 Å². The number of nitrogens with two attached hydrogens (primary N) is 1. The third-order valence-electron chi connectivity index (χ3n) is 3.90. The zero-order chi connectivity index (χ0) is 22.6. The van der Waals surface area contributed by atoms with E-state index < -0.39 is 41.3 Å². The molecule has 0 spiro atoms. The lowest BCUT2D eigenvalue weighted by molar-refractivity contribution is -0.192. The lowest BCUT2D eigenvalue weighted by Gasteiger charge is -2.18. The fourth-order valence-corrected chi connectivity index (χ4v) is 4.03. The van der Waals surface area contributed by atoms with Gasteiger partial charge in [0.15, 0.2) is 0 Å². The van der Waals surface area contributed by atoms with E-state index in [4.69, 9.17) is 15.6 Å². The van der Waals surface area contributed by atoms with Crippen molar-refractivity contribution in [1.29, 1.82) is 0 Å². The van der Waals surface area contributed by atoms with E-state index in [2.05, 4.69) is 21.2 Å². The molecule has 2 aromatic rings. The van der Waals surface area contributed by atoms with Crippen LogP contribution < -0.4 is 11.1 Å². The first-order valence-corrected chi connectivity index (χ1v) is 9.92. The van der Waals surface area contributed by atoms with E-state index in [1.165, 1.54) is 6.07 Å². The molecule has 1 aliphatic rings. The fraction of sp³-hybridized carbons (Fsp3) is 0.222. The summed E-state index contributed by atoms with van der Waals surface area (Å²) in [4.78, 5) is 22.3. The molecule has 0 saturated carbocycles. The molecule has 0 bridgehead atoms. The number of hydrogen-bond donors (Lipinski definition) is 3. The molecule has 4 N–H and O–H groups in total. The van der Waals surface area contributed by atoms with E-state index in [-0.39, 0.29) is 6.04 Å². The fourth-order valence-electron chi connectivity index (χ4n) is 2.51. The van der Waals surface area contributed by atoms with Gasteiger partial charge in [-0.3, -0.25) is 4.79 Å². The van der Waals surface area contributed by atoms with Crippen molar-refractivity contribution in [3.8, 4) is 0 Å². The van der Waals surface area contributed by atoms with Crippen LogP contribution in [0.3, 0.4) is 0 Å². The number of fused-ring (bicyclic) bond motifs is 1. The number of carboxylic acids is 1. The van der Waals surface area contributed by atoms with E-state index in [0.29, 0.717) is 5.75 Å². The Morgan fingerprint density at radius 3 is 2.30 bits per heavy atom. The third kappa shape index (κ3) is 5.92. The molecule has 1 aliphatic heterocycles. The summed E-state index contributed by atoms with van der Waals surface area (Å²) in [6.07, 6.45) is -5.08. The number of hydrogen-bond acceptors (Lipinski definition) is 4. The number of halogens is 6. The molecule has 2 atom stereocenters. The van der Waals surface area contributed by atoms with Crippen molar-refractivity contribution in [3.63, 3.8) is 0 Å². The highest BCUT2D eigenvalue weighted by molar-refractivity contribution is 9.10. The van der Waals surface area contributed by atoms with Crippen molar-refractivity contribution < 1.29 is 36.6 Å². The van der Waals surface area contributed by atoms with Gasteiger partial charge in [0.05, 0.1) is 6.04 Å². The Hall–Kier alpha value is -2.18. The van der Waals surface area contributed by atoms with Crippen LogP contribution in [0.2, 0.25) is 0 Å². The summed E-state index contributed by atoms with van der Waals surface area (Å²) in [6, 6.07) is 7.60. The van der Waals surface area contributed by atoms with Crippen molar-refractivity contribution in [3.05, 3.63) is 63.6 Å². The Balaban J connectivity index is 0.000000396. The van der Waals surface area contributed by atoms with E-state index in [9.17, 15) is 26.7 Å². The van der Waals surface area contributed by atoms with Gasteiger partial charge < -0.3 is 16.2 Å². The van der Waals surface area contributed by atoms with Crippen LogP contribution in [0.4, 0.5) is 22.0 Å². The van der Waals surface area contributed by atoms with Gasteiger partial charge in [-0.15, -0.1) is 11.8 Å². The minimum atomic E-state index is -5.08. The standard InChI is InChI=1S/C16H13BrF2N2OS.C2HF3O2/c17-8-4-5-13-9(6-8)12(7-23-13)21-16(22)15(20)14-10(18)2-1-3-11(14)19;3-2(4,5)1(6)7/h1-6,12,15H,7,20H2,(H,21,22);(H,6,7). The molecule has 0 fully saturated rings. The van der Waals surface area contributed by atoms with E-state index in [1.807, 2.05) is 18.2 Å². The highest BCUT2D eigenvalue weighted by Gasteiger charge is 2.38. The predicted molar refractivity (Wildman–Crippen MR) is 103 cm³/mol. The second kappa shape index (κ2) is 9.75. The van der Waals surface area contributed by atoms with Gasteiger partial charge in [-0.25, -0.2) is 13.6 Å². The Morgan fingerprint density at radius 2 is 1.77 bits per heavy atom. The zero-order valence-corrected chi connectivity index (χ0v) is 17.2. The minimum Gasteiger partial charge on any atom is -0.475 e. The number of benzene rings is 2. The number of carboxylic acid groups (broad SMARTS) is 1. The van der Waals surface area contributed by atoms with Crippen molar-refractivity contribution in [1.82, 2.24) is 5.32 Å². The number of alkyl halides is 3. The smallest absolute Gasteiger partial charge is 0.475 e. The monoisotopic (exact) mass is 512 g/mol. The van der Waals surface area contributed by atoms with E-state index in [0.717, 1.165) is 27.1 Å². The molecular weight excluding hydrogens is 499 g/mol. The average molecular weight is 513 g/mol. The first kappa shape index (κ1) is 24.1. The normalized spacial score (nSPS) is 16.2. The Labute approximate surface area is 180 Å². The SMILES string of the molecule is NC(C(=O)NC1CSc2ccc(Br)cc21)c1c(F)cccc1F.O=C(O)C(F)(F)F. The van der Waals surface area contributed by atoms with Gasteiger partial charge in [-0.2, -0.15) is 13.2 Å². The number of aliphatic carboxylic acids is 1. The summed E-state index contributed by atoms with van der Waals surface area (Å²) in [7, 11) is 0. The van der Waals surface area contributed by atoms with Crippen LogP contribution in [0.1, 0.15) is 23.2 Å². The maximum Gasteiger partial charge on any atom is 0.490 e. The number of carbonyl (C=O) groups is 2. The van der Waals surface area contributed by atoms with Crippen LogP contribution in [0.15, 0.2) is 45.8 Å². The van der Waals surface area contributed by atoms with Crippen LogP contribution in [0.5, 0.6) is 0 Å². The first-order valence-electron chi connectivity index (χ1n) is 8.14. The number of carbonyl (C=O) groups excluding carboxylic acids is 1. The number of thioether (sulfide) groups is 1. The van der Waals surface area contributed by atoms with Gasteiger partial charge in [-0.1, -0.05) is 22.0 Å². The molecule has 0 radical (unpaired) electrons. The number of nitrogens with one attached hydrogen (secondary N) is 1. The van der Waals surface area contributed by atoms with Crippen molar-refractivity contribution >= 4 is 39.6 Å². The maximum atomic E-state index is 13.8. The molecule has 2 aromatic carbocycles. The topological polar surface area (TPSA) is 92.4 Å². The van der Waals surface area contributed by atoms with Crippen LogP contribution in [0, 0.1) is 11.6 Å². The molecular formula is C18H14BrF5N2O3S. The summed E-state index contributed by atoms with van der Waals surface area (Å²) in [5.74, 6) is -4.35. The molecule has 5 nitrogen and oxygen atoms in total. The number of rotatable bonds is 3. The summed E-state index contributed by atoms with van der Waals surface area (Å²) in [5, 5.41) is 9.90. The molecule has 0 aromatic heterocycles. The zero-order valence-electron chi connectivity index (χ0n) is 14.8. The predicted octanol–water partition coefficient (Wildman–Crippen LogP) is 4.32. The van der Waals surface area contributed by atoms with E-state index >= 15 is 0 Å². The molecule has 3 rings (SSSR count). The van der Waals surface area contributed by atoms with Gasteiger partial charge >= 0.3 is 12.1 Å². The first-order chi connectivity index (χ1) is 13.9. The molecule has 30 heavy (non-hydrogen) atoms. The van der Waals surface area contributed by atoms with Crippen LogP contribution in [-0.2, 0) is 9.59 Å². The second-order valence-electron chi connectivity index (χ2n) is 5.97. The number of amides is 1. The van der Waals surface area contributed by atoms with Gasteiger partial charge in [0.1, 0.15) is 17.7 Å². The summed E-state index contributed by atoms with van der Waals surface area (Å²) in [5.41, 5.74) is 6.32. The second-order valence-corrected chi connectivity index (χ2v) is 7.95. The Bertz CT molecular complexity index is 938. The average Bonchev–Trinajstić information content (AvgIpc) is 3.03. The molecule has 1 amide bonds. The summed E-state index contributed by atoms with van der Waals surface area (Å²) < 4.78 is 60.2. The summed E-state index contributed by atoms with van der Waals surface area (Å²) >= 11 is 5.01. The van der Waals surface area contributed by atoms with Gasteiger partial charge in [-0.05, 0) is 35.9 Å². The highest BCUT2D eigenvalue weighted by atomic mass is 79.9. The molecule has 2 unspecified atom stereocenters. The lowest BCUT2D eigenvalue weighted by atomic mass is 10.0. The van der Waals surface area contributed by atoms with Crippen molar-refractivity contribution in [2.24, 2.45) is 5.73 Å². The highest BCUT2D eigenvalue weighted by Crippen LogP contribution is 2.39. The minimum absolute atomic E-state index is 0.235. The van der Waals surface area contributed by atoms with E-state index in [1.54, 1.807) is 11.8 Å². The summed E-state index contributed by atoms with van der Waals surface area (Å²) in [6.45, 7) is 0. The van der Waals surface area contributed by atoms with Crippen molar-refractivity contribution in [2.45, 2.75) is 23.2 Å². The Morgan fingerprint density at radius 1 is 1.20 bits per heavy atom. The van der Waals surface area contributed by atoms with Gasteiger partial charge in [0, 0.05) is 20.7 Å². The molecule has 0 aliphatic carbocycles. The lowest BCUT2D eigenvalue weighted by Crippen LogP contribution is -2.37. The van der Waals surface area contributed by atoms with Gasteiger partial charge in [0.2, 0.25) is 5.91 Å². The molecule has 162 valence electrons. The third-order valence-corrected chi connectivity index (χ3v) is 5.58. The van der Waals surface area contributed by atoms with Gasteiger partial charge in [0.25, 0.3) is 0 Å². The largest absolute Gasteiger partial charge is 0.490 e. The van der Waals surface area contributed by atoms with Crippen LogP contribution >= 0.6 is 27.7 Å². The van der Waals surface area contributed by atoms with Crippen LogP contribution in [-0.4, -0.2) is 28.9 Å². The Kier molecular flexibility index (Phi) is 7.83. The molecule has 0 saturated heterocycles.